The molecule has 9 heteroatoms. The Morgan fingerprint density at radius 1 is 0.867 bits per heavy atom. The standard InChI is InChI=1S/C18H31NO3.C16H28O3.C2H7NO/c1-6-10-19-16-11-14(18(20)21-9-4)12-17(13(16)5)22-15(7-2)8-3;1-6-14(7-2)19-15-10-13(16(17)18-8-3)9-11(4)12(15)5;3-1-2-4/h6,12-13,15-17,19H,1,7-11H2,2-5H3;10-12,14-15H,6-9H2,1-5H3;4H,1-3H2/t13-,16+,17-;11-,12+,15+;/m10./s1. The van der Waals surface area contributed by atoms with Crippen molar-refractivity contribution in [3.05, 3.63) is 36.0 Å². The van der Waals surface area contributed by atoms with Gasteiger partial charge in [0.2, 0.25) is 0 Å². The molecule has 262 valence electrons. The summed E-state index contributed by atoms with van der Waals surface area (Å²) in [7, 11) is 0. The Morgan fingerprint density at radius 3 is 1.67 bits per heavy atom. The molecule has 0 aromatic carbocycles. The maximum absolute atomic E-state index is 12.1. The summed E-state index contributed by atoms with van der Waals surface area (Å²) in [5.74, 6) is 0.790. The lowest BCUT2D eigenvalue weighted by molar-refractivity contribution is -0.140. The van der Waals surface area contributed by atoms with Crippen molar-refractivity contribution in [1.82, 2.24) is 5.32 Å². The van der Waals surface area contributed by atoms with E-state index in [1.165, 1.54) is 0 Å². The Hall–Kier alpha value is -2.04. The van der Waals surface area contributed by atoms with E-state index in [2.05, 4.69) is 60.4 Å². The summed E-state index contributed by atoms with van der Waals surface area (Å²) < 4.78 is 22.6. The van der Waals surface area contributed by atoms with Gasteiger partial charge in [-0.25, -0.2) is 9.59 Å². The van der Waals surface area contributed by atoms with Crippen molar-refractivity contribution < 1.29 is 33.6 Å². The second kappa shape index (κ2) is 25.1. The number of hydrogen-bond donors (Lipinski definition) is 3. The monoisotopic (exact) mass is 638 g/mol. The Bertz CT molecular complexity index is 881. The van der Waals surface area contributed by atoms with E-state index in [1.54, 1.807) is 0 Å². The number of ether oxygens (including phenoxy) is 4. The number of aliphatic hydroxyl groups excluding tert-OH is 1. The topological polar surface area (TPSA) is 129 Å². The molecule has 2 rings (SSSR count). The van der Waals surface area contributed by atoms with Crippen molar-refractivity contribution in [2.45, 2.75) is 131 Å². The van der Waals surface area contributed by atoms with Crippen LogP contribution in [0.1, 0.15) is 101 Å². The summed E-state index contributed by atoms with van der Waals surface area (Å²) in [6.07, 6.45) is 11.7. The summed E-state index contributed by atoms with van der Waals surface area (Å²) >= 11 is 0. The highest BCUT2D eigenvalue weighted by molar-refractivity contribution is 5.89. The summed E-state index contributed by atoms with van der Waals surface area (Å²) in [6.45, 7) is 24.5. The highest BCUT2D eigenvalue weighted by atomic mass is 16.5. The highest BCUT2D eigenvalue weighted by Gasteiger charge is 2.34. The van der Waals surface area contributed by atoms with Crippen LogP contribution >= 0.6 is 0 Å². The third-order valence-corrected chi connectivity index (χ3v) is 8.53. The molecule has 45 heavy (non-hydrogen) atoms. The maximum Gasteiger partial charge on any atom is 0.333 e. The number of aliphatic hydroxyl groups is 1. The van der Waals surface area contributed by atoms with E-state index in [1.807, 2.05) is 32.1 Å². The molecule has 0 aliphatic heterocycles. The Morgan fingerprint density at radius 2 is 1.29 bits per heavy atom. The van der Waals surface area contributed by atoms with Gasteiger partial charge in [0.05, 0.1) is 44.2 Å². The van der Waals surface area contributed by atoms with Crippen LogP contribution in [-0.4, -0.2) is 80.4 Å². The van der Waals surface area contributed by atoms with E-state index in [9.17, 15) is 9.59 Å². The van der Waals surface area contributed by atoms with Crippen LogP contribution < -0.4 is 11.1 Å². The number of nitrogens with one attached hydrogen (secondary N) is 1. The second-order valence-electron chi connectivity index (χ2n) is 11.8. The summed E-state index contributed by atoms with van der Waals surface area (Å²) in [4.78, 5) is 24.0. The number of hydrogen-bond acceptors (Lipinski definition) is 9. The SMILES string of the molecule is C=CCN[C@H]1CC(C(=O)OCC)=C[C@@H](OC(CC)CC)[C@@H]1C.CCOC(=O)C1=C[C@@H](OC(CC)CC)[C@H](C)[C@@H](C)C1.NCCO. The van der Waals surface area contributed by atoms with E-state index >= 15 is 0 Å². The average molecular weight is 639 g/mol. The molecule has 2 aliphatic carbocycles. The predicted molar refractivity (Wildman–Crippen MR) is 183 cm³/mol. The van der Waals surface area contributed by atoms with Gasteiger partial charge in [0.25, 0.3) is 0 Å². The van der Waals surface area contributed by atoms with Gasteiger partial charge in [0.1, 0.15) is 0 Å². The fourth-order valence-electron chi connectivity index (χ4n) is 5.32. The van der Waals surface area contributed by atoms with E-state index < -0.39 is 0 Å². The van der Waals surface area contributed by atoms with E-state index in [4.69, 9.17) is 29.8 Å². The van der Waals surface area contributed by atoms with Gasteiger partial charge in [-0.15, -0.1) is 6.58 Å². The van der Waals surface area contributed by atoms with Gasteiger partial charge in [-0.3, -0.25) is 0 Å². The van der Waals surface area contributed by atoms with Crippen LogP contribution in [0.5, 0.6) is 0 Å². The van der Waals surface area contributed by atoms with Crippen molar-refractivity contribution >= 4 is 11.9 Å². The van der Waals surface area contributed by atoms with Gasteiger partial charge >= 0.3 is 11.9 Å². The molecule has 0 fully saturated rings. The van der Waals surface area contributed by atoms with Crippen LogP contribution in [0.4, 0.5) is 0 Å². The van der Waals surface area contributed by atoms with Gasteiger partial charge in [-0.05, 0) is 76.4 Å². The molecule has 0 spiro atoms. The minimum absolute atomic E-state index is 0.0352. The Kier molecular flexibility index (Phi) is 24.0. The first-order valence-corrected chi connectivity index (χ1v) is 17.2. The molecule has 0 saturated heterocycles. The molecular formula is C36H66N2O7. The second-order valence-corrected chi connectivity index (χ2v) is 11.8. The van der Waals surface area contributed by atoms with E-state index in [0.29, 0.717) is 43.9 Å². The van der Waals surface area contributed by atoms with E-state index in [-0.39, 0.29) is 49.0 Å². The van der Waals surface area contributed by atoms with Crippen LogP contribution in [-0.2, 0) is 28.5 Å². The summed E-state index contributed by atoms with van der Waals surface area (Å²) in [5.41, 5.74) is 6.28. The zero-order valence-electron chi connectivity index (χ0n) is 29.8. The van der Waals surface area contributed by atoms with E-state index in [0.717, 1.165) is 49.8 Å². The minimum atomic E-state index is -0.224. The van der Waals surface area contributed by atoms with Gasteiger partial charge in [-0.1, -0.05) is 54.5 Å². The molecule has 0 radical (unpaired) electrons. The first kappa shape index (κ1) is 43.0. The van der Waals surface area contributed by atoms with Gasteiger partial charge in [0.15, 0.2) is 0 Å². The molecule has 0 amide bonds. The molecule has 4 N–H and O–H groups in total. The van der Waals surface area contributed by atoms with Crippen molar-refractivity contribution in [2.75, 3.05) is 32.9 Å². The molecular weight excluding hydrogens is 572 g/mol. The number of nitrogens with two attached hydrogens (primary N) is 1. The Balaban J connectivity index is 0.000000775. The number of esters is 2. The predicted octanol–water partition coefficient (Wildman–Crippen LogP) is 5.90. The molecule has 0 heterocycles. The molecule has 2 aliphatic rings. The third-order valence-electron chi connectivity index (χ3n) is 8.53. The lowest BCUT2D eigenvalue weighted by Gasteiger charge is -2.36. The molecule has 0 aromatic heterocycles. The van der Waals surface area contributed by atoms with Crippen LogP contribution in [0.15, 0.2) is 36.0 Å². The van der Waals surface area contributed by atoms with Crippen LogP contribution in [0.3, 0.4) is 0 Å². The minimum Gasteiger partial charge on any atom is -0.463 e. The van der Waals surface area contributed by atoms with Gasteiger partial charge < -0.3 is 35.1 Å². The fourth-order valence-corrected chi connectivity index (χ4v) is 5.32. The smallest absolute Gasteiger partial charge is 0.333 e. The zero-order valence-corrected chi connectivity index (χ0v) is 29.8. The van der Waals surface area contributed by atoms with Crippen LogP contribution in [0, 0.1) is 17.8 Å². The van der Waals surface area contributed by atoms with Crippen LogP contribution in [0.25, 0.3) is 0 Å². The first-order valence-electron chi connectivity index (χ1n) is 17.2. The molecule has 0 unspecified atom stereocenters. The zero-order chi connectivity index (χ0) is 34.4. The molecule has 0 saturated carbocycles. The molecule has 0 bridgehead atoms. The van der Waals surface area contributed by atoms with Gasteiger partial charge in [0, 0.05) is 36.2 Å². The maximum atomic E-state index is 12.1. The lowest BCUT2D eigenvalue weighted by atomic mass is 9.80. The lowest BCUT2D eigenvalue weighted by Crippen LogP contribution is -2.45. The van der Waals surface area contributed by atoms with Crippen molar-refractivity contribution in [2.24, 2.45) is 23.5 Å². The van der Waals surface area contributed by atoms with Crippen LogP contribution in [0.2, 0.25) is 0 Å². The third kappa shape index (κ3) is 15.9. The van der Waals surface area contributed by atoms with Gasteiger partial charge in [-0.2, -0.15) is 0 Å². The average Bonchev–Trinajstić information content (AvgIpc) is 3.04. The summed E-state index contributed by atoms with van der Waals surface area (Å²) in [5, 5.41) is 11.2. The highest BCUT2D eigenvalue weighted by Crippen LogP contribution is 2.33. The Labute approximate surface area is 274 Å². The van der Waals surface area contributed by atoms with Crippen molar-refractivity contribution in [3.63, 3.8) is 0 Å². The number of carbonyl (C=O) groups is 2. The largest absolute Gasteiger partial charge is 0.463 e. The first-order chi connectivity index (χ1) is 21.5. The quantitative estimate of drug-likeness (QED) is 0.140. The summed E-state index contributed by atoms with van der Waals surface area (Å²) in [6, 6.07) is 0.196. The number of rotatable bonds is 16. The normalized spacial score (nSPS) is 24.4. The van der Waals surface area contributed by atoms with Crippen molar-refractivity contribution in [1.29, 1.82) is 0 Å². The fraction of sp³-hybridized carbons (Fsp3) is 0.778. The van der Waals surface area contributed by atoms with Crippen molar-refractivity contribution in [3.8, 4) is 0 Å². The molecule has 0 aromatic rings. The molecule has 6 atom stereocenters. The number of carbonyl (C=O) groups excluding carboxylic acids is 2. The molecule has 9 nitrogen and oxygen atoms in total.